The van der Waals surface area contributed by atoms with E-state index in [9.17, 15) is 13.2 Å². The van der Waals surface area contributed by atoms with Crippen LogP contribution >= 0.6 is 15.9 Å². The van der Waals surface area contributed by atoms with Crippen LogP contribution < -0.4 is 9.64 Å². The Labute approximate surface area is 133 Å². The molecule has 3 rings (SSSR count). The molecule has 1 aliphatic rings. The predicted molar refractivity (Wildman–Crippen MR) is 80.0 cm³/mol. The Bertz CT molecular complexity index is 655. The van der Waals surface area contributed by atoms with Gasteiger partial charge in [-0.3, -0.25) is 0 Å². The molecule has 116 valence electrons. The van der Waals surface area contributed by atoms with Gasteiger partial charge in [-0.1, -0.05) is 12.1 Å². The molecule has 0 unspecified atom stereocenters. The van der Waals surface area contributed by atoms with Crippen LogP contribution in [0.2, 0.25) is 0 Å². The summed E-state index contributed by atoms with van der Waals surface area (Å²) in [5, 5.41) is 0. The molecule has 2 heterocycles. The monoisotopic (exact) mass is 372 g/mol. The average molecular weight is 373 g/mol. The molecule has 0 aliphatic carbocycles. The van der Waals surface area contributed by atoms with Crippen molar-refractivity contribution in [2.45, 2.75) is 12.3 Å². The van der Waals surface area contributed by atoms with Crippen molar-refractivity contribution in [2.24, 2.45) is 0 Å². The zero-order chi connectivity index (χ0) is 15.7. The van der Waals surface area contributed by atoms with Crippen LogP contribution in [0.15, 0.2) is 47.1 Å². The van der Waals surface area contributed by atoms with Gasteiger partial charge in [0.2, 0.25) is 0 Å². The van der Waals surface area contributed by atoms with Gasteiger partial charge in [0, 0.05) is 10.7 Å². The maximum atomic E-state index is 12.9. The van der Waals surface area contributed by atoms with Crippen LogP contribution in [-0.2, 0) is 6.18 Å². The third-order valence-electron chi connectivity index (χ3n) is 3.37. The Hall–Kier alpha value is -1.76. The second-order valence-corrected chi connectivity index (χ2v) is 5.89. The van der Waals surface area contributed by atoms with Gasteiger partial charge in [-0.15, -0.1) is 0 Å². The van der Waals surface area contributed by atoms with Crippen molar-refractivity contribution in [1.29, 1.82) is 0 Å². The minimum atomic E-state index is -4.41. The summed E-state index contributed by atoms with van der Waals surface area (Å²) in [7, 11) is 0. The highest BCUT2D eigenvalue weighted by Crippen LogP contribution is 2.37. The molecule has 0 spiro atoms. The molecule has 0 amide bonds. The first-order valence-electron chi connectivity index (χ1n) is 6.63. The molecule has 0 saturated carbocycles. The first-order chi connectivity index (χ1) is 10.4. The van der Waals surface area contributed by atoms with Crippen molar-refractivity contribution in [3.63, 3.8) is 0 Å². The van der Waals surface area contributed by atoms with Crippen molar-refractivity contribution >= 4 is 21.7 Å². The van der Waals surface area contributed by atoms with Gasteiger partial charge in [-0.2, -0.15) is 13.2 Å². The van der Waals surface area contributed by atoms with Crippen LogP contribution in [0.1, 0.15) is 5.56 Å². The fourth-order valence-corrected chi connectivity index (χ4v) is 2.47. The quantitative estimate of drug-likeness (QED) is 0.809. The number of hydrogen-bond donors (Lipinski definition) is 0. The fourth-order valence-electron chi connectivity index (χ4n) is 2.24. The minimum Gasteiger partial charge on any atom is -0.486 e. The van der Waals surface area contributed by atoms with Gasteiger partial charge in [0.15, 0.2) is 0 Å². The molecule has 3 nitrogen and oxygen atoms in total. The molecular formula is C15H12BrF3N2O. The maximum absolute atomic E-state index is 12.9. The lowest BCUT2D eigenvalue weighted by molar-refractivity contribution is -0.139. The minimum absolute atomic E-state index is 0.122. The lowest BCUT2D eigenvalue weighted by Gasteiger charge is -2.40. The highest BCUT2D eigenvalue weighted by Gasteiger charge is 2.36. The highest BCUT2D eigenvalue weighted by atomic mass is 79.9. The molecule has 1 fully saturated rings. The first-order valence-corrected chi connectivity index (χ1v) is 7.42. The summed E-state index contributed by atoms with van der Waals surface area (Å²) >= 11 is 3.30. The number of hydrogen-bond acceptors (Lipinski definition) is 3. The van der Waals surface area contributed by atoms with E-state index in [1.807, 2.05) is 17.0 Å². The number of benzene rings is 1. The summed E-state index contributed by atoms with van der Waals surface area (Å²) in [5.41, 5.74) is -0.741. The van der Waals surface area contributed by atoms with Crippen LogP contribution in [0.4, 0.5) is 19.0 Å². The predicted octanol–water partition coefficient (Wildman–Crippen LogP) is 4.13. The number of aromatic nitrogens is 1. The van der Waals surface area contributed by atoms with E-state index in [1.54, 1.807) is 6.20 Å². The summed E-state index contributed by atoms with van der Waals surface area (Å²) in [6, 6.07) is 9.00. The number of pyridine rings is 1. The van der Waals surface area contributed by atoms with E-state index in [2.05, 4.69) is 20.9 Å². The van der Waals surface area contributed by atoms with Crippen molar-refractivity contribution in [1.82, 2.24) is 4.98 Å². The fraction of sp³-hybridized carbons (Fsp3) is 0.267. The van der Waals surface area contributed by atoms with E-state index in [-0.39, 0.29) is 11.9 Å². The average Bonchev–Trinajstić information content (AvgIpc) is 2.43. The summed E-state index contributed by atoms with van der Waals surface area (Å²) in [6.07, 6.45) is -3.00. The number of anilines is 1. The normalized spacial score (nSPS) is 15.5. The first kappa shape index (κ1) is 15.1. The zero-order valence-corrected chi connectivity index (χ0v) is 12.9. The van der Waals surface area contributed by atoms with Crippen molar-refractivity contribution in [3.05, 3.63) is 52.6 Å². The van der Waals surface area contributed by atoms with Gasteiger partial charge >= 0.3 is 6.18 Å². The second-order valence-electron chi connectivity index (χ2n) is 4.97. The van der Waals surface area contributed by atoms with Crippen LogP contribution in [0.5, 0.6) is 5.75 Å². The van der Waals surface area contributed by atoms with E-state index in [4.69, 9.17) is 4.74 Å². The van der Waals surface area contributed by atoms with E-state index < -0.39 is 11.7 Å². The van der Waals surface area contributed by atoms with Crippen molar-refractivity contribution < 1.29 is 17.9 Å². The van der Waals surface area contributed by atoms with Crippen molar-refractivity contribution in [2.75, 3.05) is 18.0 Å². The third-order valence-corrected chi connectivity index (χ3v) is 3.84. The summed E-state index contributed by atoms with van der Waals surface area (Å²) in [5.74, 6) is 0.663. The molecule has 1 aromatic heterocycles. The lowest BCUT2D eigenvalue weighted by Crippen LogP contribution is -2.54. The summed E-state index contributed by atoms with van der Waals surface area (Å²) in [6.45, 7) is 1.03. The van der Waals surface area contributed by atoms with Gasteiger partial charge in [-0.05, 0) is 40.2 Å². The Morgan fingerprint density at radius 1 is 1.14 bits per heavy atom. The lowest BCUT2D eigenvalue weighted by atomic mass is 10.1. The molecule has 0 atom stereocenters. The van der Waals surface area contributed by atoms with Gasteiger partial charge in [0.1, 0.15) is 17.7 Å². The van der Waals surface area contributed by atoms with Gasteiger partial charge < -0.3 is 9.64 Å². The Kier molecular flexibility index (Phi) is 3.99. The molecular weight excluding hydrogens is 361 g/mol. The Morgan fingerprint density at radius 2 is 1.86 bits per heavy atom. The molecule has 2 aromatic rings. The molecule has 1 aromatic carbocycles. The molecule has 0 radical (unpaired) electrons. The van der Waals surface area contributed by atoms with E-state index in [1.165, 1.54) is 18.2 Å². The smallest absolute Gasteiger partial charge is 0.419 e. The Morgan fingerprint density at radius 3 is 2.50 bits per heavy atom. The standard InChI is InChI=1S/C15H12BrF3N2O/c16-10-5-6-14(20-7-10)21-8-11(9-21)22-13-4-2-1-3-12(13)15(17,18)19/h1-7,11H,8-9H2. The molecule has 1 aliphatic heterocycles. The van der Waals surface area contributed by atoms with Crippen LogP contribution in [-0.4, -0.2) is 24.2 Å². The SMILES string of the molecule is FC(F)(F)c1ccccc1OC1CN(c2ccc(Br)cn2)C1. The second kappa shape index (κ2) is 5.79. The number of nitrogens with zero attached hydrogens (tertiary/aromatic N) is 2. The van der Waals surface area contributed by atoms with Crippen LogP contribution in [0, 0.1) is 0 Å². The molecule has 7 heteroatoms. The van der Waals surface area contributed by atoms with Gasteiger partial charge in [0.05, 0.1) is 18.7 Å². The molecule has 0 N–H and O–H groups in total. The molecule has 22 heavy (non-hydrogen) atoms. The van der Waals surface area contributed by atoms with Crippen LogP contribution in [0.25, 0.3) is 0 Å². The van der Waals surface area contributed by atoms with Gasteiger partial charge in [0.25, 0.3) is 0 Å². The van der Waals surface area contributed by atoms with E-state index >= 15 is 0 Å². The number of ether oxygens (including phenoxy) is 1. The number of alkyl halides is 3. The Balaban J connectivity index is 1.64. The van der Waals surface area contributed by atoms with Gasteiger partial charge in [-0.25, -0.2) is 4.98 Å². The zero-order valence-electron chi connectivity index (χ0n) is 11.3. The summed E-state index contributed by atoms with van der Waals surface area (Å²) in [4.78, 5) is 6.19. The van der Waals surface area contributed by atoms with Crippen LogP contribution in [0.3, 0.4) is 0 Å². The number of rotatable bonds is 3. The highest BCUT2D eigenvalue weighted by molar-refractivity contribution is 9.10. The van der Waals surface area contributed by atoms with E-state index in [0.717, 1.165) is 16.4 Å². The maximum Gasteiger partial charge on any atom is 0.419 e. The topological polar surface area (TPSA) is 25.4 Å². The molecule has 1 saturated heterocycles. The third kappa shape index (κ3) is 3.19. The largest absolute Gasteiger partial charge is 0.486 e. The van der Waals surface area contributed by atoms with Crippen molar-refractivity contribution in [3.8, 4) is 5.75 Å². The number of halogens is 4. The van der Waals surface area contributed by atoms with E-state index in [0.29, 0.717) is 13.1 Å². The number of para-hydroxylation sites is 1. The summed E-state index contributed by atoms with van der Waals surface area (Å²) < 4.78 is 45.0. The molecule has 0 bridgehead atoms.